The molecule has 0 fully saturated rings. The molecule has 1 nitrogen and oxygen atoms in total. The van der Waals surface area contributed by atoms with Crippen molar-refractivity contribution in [1.82, 2.24) is 0 Å². The molecule has 0 aliphatic rings. The highest BCUT2D eigenvalue weighted by Gasteiger charge is 2.19. The lowest BCUT2D eigenvalue weighted by Crippen LogP contribution is -2.19. The second kappa shape index (κ2) is 9.30. The second-order valence-electron chi connectivity index (χ2n) is 6.02. The van der Waals surface area contributed by atoms with E-state index in [-0.39, 0.29) is 5.41 Å². The van der Waals surface area contributed by atoms with Crippen LogP contribution in [0, 0.1) is 12.3 Å². The summed E-state index contributed by atoms with van der Waals surface area (Å²) in [4.78, 5) is 11.5. The fraction of sp³-hybridized carbons (Fsp3) is 0.421. The zero-order valence-corrected chi connectivity index (χ0v) is 13.6. The molecule has 0 saturated carbocycles. The number of rotatable bonds is 4. The van der Waals surface area contributed by atoms with Gasteiger partial charge >= 0.3 is 0 Å². The van der Waals surface area contributed by atoms with Gasteiger partial charge in [-0.25, -0.2) is 0 Å². The van der Waals surface area contributed by atoms with Crippen LogP contribution in [0.5, 0.6) is 0 Å². The summed E-state index contributed by atoms with van der Waals surface area (Å²) in [6, 6.07) is 10.3. The Balaban J connectivity index is 0.000000428. The predicted molar refractivity (Wildman–Crippen MR) is 88.8 cm³/mol. The average Bonchev–Trinajstić information content (AvgIpc) is 2.39. The Morgan fingerprint density at radius 2 is 1.75 bits per heavy atom. The quantitative estimate of drug-likeness (QED) is 0.660. The van der Waals surface area contributed by atoms with Gasteiger partial charge in [-0.2, -0.15) is 0 Å². The van der Waals surface area contributed by atoms with Gasteiger partial charge < -0.3 is 0 Å². The Bertz CT molecular complexity index is 433. The molecule has 0 bridgehead atoms. The summed E-state index contributed by atoms with van der Waals surface area (Å²) in [6.07, 6.45) is 5.32. The Kier molecular flexibility index (Phi) is 8.54. The summed E-state index contributed by atoms with van der Waals surface area (Å²) in [5.41, 5.74) is 2.26. The Hall–Kier alpha value is -1.63. The number of carbonyl (C=O) groups excluding carboxylic acids is 1. The summed E-state index contributed by atoms with van der Waals surface area (Å²) in [7, 11) is 0. The Labute approximate surface area is 124 Å². The molecule has 1 aromatic carbocycles. The van der Waals surface area contributed by atoms with Crippen LogP contribution in [0.3, 0.4) is 0 Å². The van der Waals surface area contributed by atoms with Gasteiger partial charge in [-0.3, -0.25) is 4.79 Å². The maximum absolute atomic E-state index is 11.5. The van der Waals surface area contributed by atoms with E-state index in [1.54, 1.807) is 0 Å². The lowest BCUT2D eigenvalue weighted by Gasteiger charge is -2.15. The van der Waals surface area contributed by atoms with Gasteiger partial charge in [-0.05, 0) is 20.3 Å². The lowest BCUT2D eigenvalue weighted by atomic mass is 9.88. The van der Waals surface area contributed by atoms with E-state index < -0.39 is 0 Å². The van der Waals surface area contributed by atoms with Gasteiger partial charge in [-0.1, -0.05) is 81.0 Å². The molecule has 1 rings (SSSR count). The molecule has 1 aromatic rings. The van der Waals surface area contributed by atoms with E-state index in [0.29, 0.717) is 12.2 Å². The molecule has 0 amide bonds. The molecule has 1 heteroatoms. The van der Waals surface area contributed by atoms with Crippen LogP contribution < -0.4 is 0 Å². The molecule has 0 radical (unpaired) electrons. The second-order valence-corrected chi connectivity index (χ2v) is 6.02. The van der Waals surface area contributed by atoms with Crippen LogP contribution in [0.1, 0.15) is 46.1 Å². The van der Waals surface area contributed by atoms with Gasteiger partial charge in [0.05, 0.1) is 0 Å². The van der Waals surface area contributed by atoms with Crippen molar-refractivity contribution in [2.45, 2.75) is 47.5 Å². The highest BCUT2D eigenvalue weighted by atomic mass is 16.1. The lowest BCUT2D eigenvalue weighted by molar-refractivity contribution is -0.126. The first-order chi connectivity index (χ1) is 9.27. The fourth-order valence-electron chi connectivity index (χ4n) is 1.42. The first kappa shape index (κ1) is 18.4. The summed E-state index contributed by atoms with van der Waals surface area (Å²) in [5.74, 6) is 0.320. The van der Waals surface area contributed by atoms with Gasteiger partial charge in [0, 0.05) is 11.8 Å². The maximum atomic E-state index is 11.5. The van der Waals surface area contributed by atoms with E-state index in [4.69, 9.17) is 0 Å². The molecular weight excluding hydrogens is 244 g/mol. The number of allylic oxidation sites excluding steroid dienone is 3. The van der Waals surface area contributed by atoms with Crippen molar-refractivity contribution in [2.75, 3.05) is 0 Å². The Morgan fingerprint density at radius 1 is 1.20 bits per heavy atom. The minimum absolute atomic E-state index is 0.198. The summed E-state index contributed by atoms with van der Waals surface area (Å²) < 4.78 is 0. The number of benzene rings is 1. The first-order valence-electron chi connectivity index (χ1n) is 7.11. The van der Waals surface area contributed by atoms with Gasteiger partial charge in [0.15, 0.2) is 0 Å². The molecule has 0 unspecified atom stereocenters. The zero-order valence-electron chi connectivity index (χ0n) is 13.6. The van der Waals surface area contributed by atoms with E-state index in [0.717, 1.165) is 12.0 Å². The van der Waals surface area contributed by atoms with Gasteiger partial charge in [0.1, 0.15) is 5.78 Å². The van der Waals surface area contributed by atoms with Crippen LogP contribution >= 0.6 is 0 Å². The third-order valence-corrected chi connectivity index (χ3v) is 2.94. The van der Waals surface area contributed by atoms with Crippen molar-refractivity contribution >= 4 is 5.78 Å². The Morgan fingerprint density at radius 3 is 2.10 bits per heavy atom. The summed E-state index contributed by atoms with van der Waals surface area (Å²) in [6.45, 7) is 13.6. The molecule has 0 aliphatic heterocycles. The third kappa shape index (κ3) is 9.32. The first-order valence-corrected chi connectivity index (χ1v) is 7.11. The number of carbonyl (C=O) groups is 1. The molecule has 0 spiro atoms. The van der Waals surface area contributed by atoms with Crippen LogP contribution in [0.15, 0.2) is 54.6 Å². The topological polar surface area (TPSA) is 17.1 Å². The van der Waals surface area contributed by atoms with E-state index in [1.165, 1.54) is 5.56 Å². The van der Waals surface area contributed by atoms with Gasteiger partial charge in [0.2, 0.25) is 0 Å². The normalized spacial score (nSPS) is 11.3. The molecule has 0 saturated heterocycles. The number of aryl methyl sites for hydroxylation is 1. The minimum atomic E-state index is -0.198. The molecule has 0 heterocycles. The van der Waals surface area contributed by atoms with E-state index in [1.807, 2.05) is 52.0 Å². The van der Waals surface area contributed by atoms with E-state index >= 15 is 0 Å². The van der Waals surface area contributed by atoms with E-state index in [9.17, 15) is 4.79 Å². The van der Waals surface area contributed by atoms with Crippen molar-refractivity contribution < 1.29 is 4.79 Å². The highest BCUT2D eigenvalue weighted by Crippen LogP contribution is 2.18. The molecule has 0 atom stereocenters. The molecule has 0 aliphatic carbocycles. The van der Waals surface area contributed by atoms with Crippen molar-refractivity contribution in [2.24, 2.45) is 5.41 Å². The highest BCUT2D eigenvalue weighted by molar-refractivity contribution is 5.83. The smallest absolute Gasteiger partial charge is 0.138 e. The number of Topliss-reactive ketones (excluding diaryl/α,β-unsaturated/α-hetero) is 1. The molecule has 20 heavy (non-hydrogen) atoms. The van der Waals surface area contributed by atoms with Gasteiger partial charge in [0.25, 0.3) is 0 Å². The van der Waals surface area contributed by atoms with Crippen LogP contribution in [-0.2, 0) is 4.79 Å². The molecule has 110 valence electrons. The number of hydrogen-bond donors (Lipinski definition) is 0. The summed E-state index contributed by atoms with van der Waals surface area (Å²) in [5, 5.41) is 0. The SMILES string of the molecule is C=CC(C)=CCCC(=O)C(C)(C)C.Cc1ccccc1. The number of ketones is 1. The van der Waals surface area contributed by atoms with Crippen LogP contribution in [0.25, 0.3) is 0 Å². The molecule has 0 N–H and O–H groups in total. The standard InChI is InChI=1S/C12H20O.C7H8/c1-6-10(2)8-7-9-11(13)12(3,4)5;1-7-5-3-2-4-6-7/h6,8H,1,7,9H2,2-5H3;2-6H,1H3. The van der Waals surface area contributed by atoms with Crippen molar-refractivity contribution in [3.05, 3.63) is 60.2 Å². The van der Waals surface area contributed by atoms with Crippen LogP contribution in [0.2, 0.25) is 0 Å². The summed E-state index contributed by atoms with van der Waals surface area (Å²) >= 11 is 0. The monoisotopic (exact) mass is 272 g/mol. The third-order valence-electron chi connectivity index (χ3n) is 2.94. The van der Waals surface area contributed by atoms with E-state index in [2.05, 4.69) is 31.7 Å². The average molecular weight is 272 g/mol. The van der Waals surface area contributed by atoms with Crippen molar-refractivity contribution in [3.63, 3.8) is 0 Å². The largest absolute Gasteiger partial charge is 0.299 e. The van der Waals surface area contributed by atoms with Crippen LogP contribution in [0.4, 0.5) is 0 Å². The maximum Gasteiger partial charge on any atom is 0.138 e. The predicted octanol–water partition coefficient (Wildman–Crippen LogP) is 5.51. The van der Waals surface area contributed by atoms with Crippen molar-refractivity contribution in [1.29, 1.82) is 0 Å². The van der Waals surface area contributed by atoms with Gasteiger partial charge in [-0.15, -0.1) is 0 Å². The molecular formula is C19H28O. The zero-order chi connectivity index (χ0) is 15.6. The van der Waals surface area contributed by atoms with Crippen LogP contribution in [-0.4, -0.2) is 5.78 Å². The minimum Gasteiger partial charge on any atom is -0.299 e. The molecule has 0 aromatic heterocycles. The number of hydrogen-bond acceptors (Lipinski definition) is 1. The fourth-order valence-corrected chi connectivity index (χ4v) is 1.42. The van der Waals surface area contributed by atoms with Crippen molar-refractivity contribution in [3.8, 4) is 0 Å².